The molecule has 0 amide bonds. The topological polar surface area (TPSA) is 34.4 Å². The van der Waals surface area contributed by atoms with Crippen molar-refractivity contribution in [2.75, 3.05) is 14.2 Å². The number of hydrogen-bond donors (Lipinski definition) is 1. The molecule has 96 valence electrons. The number of aryl methyl sites for hydroxylation is 2. The Balaban J connectivity index is 2.42. The molecule has 2 aromatic rings. The van der Waals surface area contributed by atoms with Gasteiger partial charge in [0.2, 0.25) is 0 Å². The Bertz CT molecular complexity index is 531. The van der Waals surface area contributed by atoms with Gasteiger partial charge in [0.1, 0.15) is 11.5 Å². The monoisotopic (exact) mass is 245 g/mol. The zero-order chi connectivity index (χ0) is 13.1. The van der Waals surface area contributed by atoms with E-state index in [1.165, 1.54) is 16.7 Å². The minimum absolute atomic E-state index is 0.148. The highest BCUT2D eigenvalue weighted by atomic mass is 16.5. The second-order valence-corrected chi connectivity index (χ2v) is 4.38. The fourth-order valence-corrected chi connectivity index (χ4v) is 2.27. The molecule has 0 fully saturated rings. The van der Waals surface area contributed by atoms with E-state index in [4.69, 9.17) is 9.15 Å². The highest BCUT2D eigenvalue weighted by Crippen LogP contribution is 2.29. The molecule has 3 heteroatoms. The molecule has 0 aliphatic carbocycles. The molecule has 0 radical (unpaired) electrons. The van der Waals surface area contributed by atoms with E-state index in [9.17, 15) is 0 Å². The van der Waals surface area contributed by atoms with Crippen LogP contribution in [0.3, 0.4) is 0 Å². The van der Waals surface area contributed by atoms with E-state index < -0.39 is 0 Å². The SMILES string of the molecule is CNC(c1ccc(OC)cc1C)c1ccoc1C. The summed E-state index contributed by atoms with van der Waals surface area (Å²) in [5.41, 5.74) is 3.61. The molecular weight excluding hydrogens is 226 g/mol. The van der Waals surface area contributed by atoms with Gasteiger partial charge < -0.3 is 14.5 Å². The summed E-state index contributed by atoms with van der Waals surface area (Å²) in [4.78, 5) is 0. The summed E-state index contributed by atoms with van der Waals surface area (Å²) in [5, 5.41) is 3.34. The van der Waals surface area contributed by atoms with Crippen molar-refractivity contribution in [2.24, 2.45) is 0 Å². The average Bonchev–Trinajstić information content (AvgIpc) is 2.78. The van der Waals surface area contributed by atoms with Gasteiger partial charge in [-0.1, -0.05) is 6.07 Å². The summed E-state index contributed by atoms with van der Waals surface area (Å²) in [5.74, 6) is 1.83. The molecule has 0 bridgehead atoms. The van der Waals surface area contributed by atoms with Gasteiger partial charge in [0.25, 0.3) is 0 Å². The molecule has 3 nitrogen and oxygen atoms in total. The minimum atomic E-state index is 0.148. The highest BCUT2D eigenvalue weighted by Gasteiger charge is 2.18. The zero-order valence-electron chi connectivity index (χ0n) is 11.3. The summed E-state index contributed by atoms with van der Waals surface area (Å²) in [6, 6.07) is 8.30. The second kappa shape index (κ2) is 5.27. The van der Waals surface area contributed by atoms with Crippen LogP contribution in [0.2, 0.25) is 0 Å². The Morgan fingerprint density at radius 1 is 1.17 bits per heavy atom. The van der Waals surface area contributed by atoms with Gasteiger partial charge in [0.05, 0.1) is 19.4 Å². The van der Waals surface area contributed by atoms with Crippen molar-refractivity contribution in [2.45, 2.75) is 19.9 Å². The molecule has 1 unspecified atom stereocenters. The number of furan rings is 1. The first-order valence-electron chi connectivity index (χ1n) is 6.03. The number of hydrogen-bond acceptors (Lipinski definition) is 3. The number of ether oxygens (including phenoxy) is 1. The first kappa shape index (κ1) is 12.7. The third kappa shape index (κ3) is 2.27. The Kier molecular flexibility index (Phi) is 3.72. The molecule has 0 saturated heterocycles. The molecule has 1 aromatic carbocycles. The van der Waals surface area contributed by atoms with Crippen LogP contribution in [-0.2, 0) is 0 Å². The predicted molar refractivity (Wildman–Crippen MR) is 72.1 cm³/mol. The lowest BCUT2D eigenvalue weighted by Gasteiger charge is -2.19. The number of rotatable bonds is 4. The van der Waals surface area contributed by atoms with Crippen LogP contribution in [0.15, 0.2) is 34.9 Å². The normalized spacial score (nSPS) is 12.4. The smallest absolute Gasteiger partial charge is 0.119 e. The molecule has 0 saturated carbocycles. The van der Waals surface area contributed by atoms with Crippen molar-refractivity contribution in [3.05, 3.63) is 53.0 Å². The van der Waals surface area contributed by atoms with Crippen molar-refractivity contribution in [1.82, 2.24) is 5.32 Å². The van der Waals surface area contributed by atoms with Gasteiger partial charge >= 0.3 is 0 Å². The molecule has 1 heterocycles. The Labute approximate surface area is 108 Å². The Morgan fingerprint density at radius 3 is 2.44 bits per heavy atom. The largest absolute Gasteiger partial charge is 0.497 e. The maximum absolute atomic E-state index is 5.39. The van der Waals surface area contributed by atoms with Gasteiger partial charge in [-0.05, 0) is 50.2 Å². The van der Waals surface area contributed by atoms with Crippen molar-refractivity contribution < 1.29 is 9.15 Å². The van der Waals surface area contributed by atoms with Crippen LogP contribution < -0.4 is 10.1 Å². The third-order valence-electron chi connectivity index (χ3n) is 3.29. The third-order valence-corrected chi connectivity index (χ3v) is 3.29. The van der Waals surface area contributed by atoms with E-state index in [0.717, 1.165) is 11.5 Å². The van der Waals surface area contributed by atoms with Gasteiger partial charge in [0, 0.05) is 5.56 Å². The van der Waals surface area contributed by atoms with E-state index in [1.807, 2.05) is 26.1 Å². The molecule has 2 rings (SSSR count). The number of nitrogens with one attached hydrogen (secondary N) is 1. The van der Waals surface area contributed by atoms with Gasteiger partial charge in [-0.3, -0.25) is 0 Å². The quantitative estimate of drug-likeness (QED) is 0.898. The van der Waals surface area contributed by atoms with Crippen LogP contribution in [0.4, 0.5) is 0 Å². The van der Waals surface area contributed by atoms with Crippen LogP contribution in [0.1, 0.15) is 28.5 Å². The van der Waals surface area contributed by atoms with Crippen LogP contribution in [0, 0.1) is 13.8 Å². The van der Waals surface area contributed by atoms with Gasteiger partial charge in [-0.25, -0.2) is 0 Å². The molecule has 0 aliphatic rings. The highest BCUT2D eigenvalue weighted by molar-refractivity contribution is 5.41. The van der Waals surface area contributed by atoms with Gasteiger partial charge in [-0.15, -0.1) is 0 Å². The minimum Gasteiger partial charge on any atom is -0.497 e. The average molecular weight is 245 g/mol. The van der Waals surface area contributed by atoms with E-state index in [0.29, 0.717) is 0 Å². The molecule has 1 N–H and O–H groups in total. The fraction of sp³-hybridized carbons (Fsp3) is 0.333. The van der Waals surface area contributed by atoms with Crippen molar-refractivity contribution in [3.8, 4) is 5.75 Å². The molecular formula is C15H19NO2. The molecule has 1 atom stereocenters. The lowest BCUT2D eigenvalue weighted by atomic mass is 9.95. The van der Waals surface area contributed by atoms with Crippen LogP contribution in [-0.4, -0.2) is 14.2 Å². The maximum atomic E-state index is 5.39. The van der Waals surface area contributed by atoms with Gasteiger partial charge in [0.15, 0.2) is 0 Å². The summed E-state index contributed by atoms with van der Waals surface area (Å²) in [6.07, 6.45) is 1.73. The number of benzene rings is 1. The molecule has 0 spiro atoms. The summed E-state index contributed by atoms with van der Waals surface area (Å²) in [7, 11) is 3.64. The maximum Gasteiger partial charge on any atom is 0.119 e. The molecule has 1 aromatic heterocycles. The molecule has 18 heavy (non-hydrogen) atoms. The second-order valence-electron chi connectivity index (χ2n) is 4.38. The molecule has 0 aliphatic heterocycles. The van der Waals surface area contributed by atoms with E-state index in [2.05, 4.69) is 24.4 Å². The number of methoxy groups -OCH3 is 1. The standard InChI is InChI=1S/C15H19NO2/c1-10-9-12(17-4)5-6-13(10)15(16-3)14-7-8-18-11(14)2/h5-9,15-16H,1-4H3. The Hall–Kier alpha value is -1.74. The predicted octanol–water partition coefficient (Wildman–Crippen LogP) is 3.21. The van der Waals surface area contributed by atoms with Crippen LogP contribution in [0.25, 0.3) is 0 Å². The van der Waals surface area contributed by atoms with Crippen LogP contribution in [0.5, 0.6) is 5.75 Å². The van der Waals surface area contributed by atoms with E-state index in [-0.39, 0.29) is 6.04 Å². The summed E-state index contributed by atoms with van der Waals surface area (Å²) in [6.45, 7) is 4.08. The lowest BCUT2D eigenvalue weighted by Crippen LogP contribution is -2.18. The van der Waals surface area contributed by atoms with Gasteiger partial charge in [-0.2, -0.15) is 0 Å². The van der Waals surface area contributed by atoms with Crippen molar-refractivity contribution in [1.29, 1.82) is 0 Å². The first-order chi connectivity index (χ1) is 8.67. The van der Waals surface area contributed by atoms with Crippen molar-refractivity contribution in [3.63, 3.8) is 0 Å². The zero-order valence-corrected chi connectivity index (χ0v) is 11.3. The van der Waals surface area contributed by atoms with Crippen molar-refractivity contribution >= 4 is 0 Å². The summed E-state index contributed by atoms with van der Waals surface area (Å²) >= 11 is 0. The fourth-order valence-electron chi connectivity index (χ4n) is 2.27. The lowest BCUT2D eigenvalue weighted by molar-refractivity contribution is 0.414. The summed E-state index contributed by atoms with van der Waals surface area (Å²) < 4.78 is 10.6. The Morgan fingerprint density at radius 2 is 1.94 bits per heavy atom. The van der Waals surface area contributed by atoms with E-state index >= 15 is 0 Å². The van der Waals surface area contributed by atoms with E-state index in [1.54, 1.807) is 13.4 Å². The van der Waals surface area contributed by atoms with Crippen LogP contribution >= 0.6 is 0 Å². The first-order valence-corrected chi connectivity index (χ1v) is 6.03.